The highest BCUT2D eigenvalue weighted by Crippen LogP contribution is 2.07. The van der Waals surface area contributed by atoms with E-state index in [2.05, 4.69) is 13.8 Å². The van der Waals surface area contributed by atoms with Crippen molar-refractivity contribution in [2.24, 2.45) is 0 Å². The molecule has 0 aliphatic heterocycles. The zero-order chi connectivity index (χ0) is 7.11. The standard InChI is InChI=1S/C7H15ClSi/c1-3-4-5-9-7(2)6-8/h7H,3-6H2,1-2H3. The summed E-state index contributed by atoms with van der Waals surface area (Å²) in [6.07, 6.45) is 2.70. The van der Waals surface area contributed by atoms with E-state index in [4.69, 9.17) is 11.6 Å². The third-order valence-corrected chi connectivity index (χ3v) is 3.52. The minimum absolute atomic E-state index is 0.748. The van der Waals surface area contributed by atoms with Gasteiger partial charge in [0, 0.05) is 15.4 Å². The van der Waals surface area contributed by atoms with Crippen molar-refractivity contribution in [1.29, 1.82) is 0 Å². The maximum absolute atomic E-state index is 5.64. The van der Waals surface area contributed by atoms with E-state index in [-0.39, 0.29) is 0 Å². The van der Waals surface area contributed by atoms with Crippen LogP contribution in [0.25, 0.3) is 0 Å². The van der Waals surface area contributed by atoms with E-state index < -0.39 is 0 Å². The van der Waals surface area contributed by atoms with Gasteiger partial charge < -0.3 is 0 Å². The minimum Gasteiger partial charge on any atom is -0.127 e. The Morgan fingerprint density at radius 3 is 2.67 bits per heavy atom. The fourth-order valence-corrected chi connectivity index (χ4v) is 2.07. The van der Waals surface area contributed by atoms with E-state index in [9.17, 15) is 0 Å². The Hall–Kier alpha value is 0.507. The highest BCUT2D eigenvalue weighted by Gasteiger charge is 1.98. The SMILES string of the molecule is CCCC[Si]C(C)CCl. The molecule has 0 fully saturated rings. The predicted molar refractivity (Wildman–Crippen MR) is 45.6 cm³/mol. The molecular formula is C7H15ClSi. The lowest BCUT2D eigenvalue weighted by atomic mass is 10.4. The Balaban J connectivity index is 2.88. The van der Waals surface area contributed by atoms with E-state index >= 15 is 0 Å². The topological polar surface area (TPSA) is 0 Å². The molecule has 0 aromatic heterocycles. The van der Waals surface area contributed by atoms with Crippen molar-refractivity contribution >= 4 is 21.1 Å². The van der Waals surface area contributed by atoms with Gasteiger partial charge in [-0.3, -0.25) is 0 Å². The summed E-state index contributed by atoms with van der Waals surface area (Å²) in [7, 11) is 1.08. The normalized spacial score (nSPS) is 13.7. The molecule has 0 aromatic rings. The molecule has 0 aliphatic carbocycles. The molecule has 0 heterocycles. The van der Waals surface area contributed by atoms with Crippen LogP contribution in [-0.2, 0) is 0 Å². The van der Waals surface area contributed by atoms with Gasteiger partial charge in [-0.1, -0.05) is 32.7 Å². The molecule has 2 radical (unpaired) electrons. The van der Waals surface area contributed by atoms with E-state index in [1.807, 2.05) is 0 Å². The fraction of sp³-hybridized carbons (Fsp3) is 1.00. The number of hydrogen-bond acceptors (Lipinski definition) is 0. The van der Waals surface area contributed by atoms with Gasteiger partial charge in [0.1, 0.15) is 0 Å². The molecule has 0 rings (SSSR count). The zero-order valence-corrected chi connectivity index (χ0v) is 8.04. The number of alkyl halides is 1. The number of unbranched alkanes of at least 4 members (excludes halogenated alkanes) is 1. The Morgan fingerprint density at radius 1 is 1.56 bits per heavy atom. The lowest BCUT2D eigenvalue weighted by Crippen LogP contribution is -1.99. The van der Waals surface area contributed by atoms with Crippen molar-refractivity contribution in [2.75, 3.05) is 5.88 Å². The van der Waals surface area contributed by atoms with Gasteiger partial charge in [-0.2, -0.15) is 0 Å². The molecule has 0 N–H and O–H groups in total. The first-order valence-electron chi connectivity index (χ1n) is 3.60. The molecular weight excluding hydrogens is 148 g/mol. The highest BCUT2D eigenvalue weighted by molar-refractivity contribution is 6.39. The van der Waals surface area contributed by atoms with E-state index in [1.54, 1.807) is 0 Å². The molecule has 0 amide bonds. The van der Waals surface area contributed by atoms with Crippen LogP contribution in [-0.4, -0.2) is 15.4 Å². The van der Waals surface area contributed by atoms with E-state index in [0.29, 0.717) is 0 Å². The first-order chi connectivity index (χ1) is 4.31. The maximum atomic E-state index is 5.64. The molecule has 0 saturated carbocycles. The third-order valence-electron chi connectivity index (χ3n) is 1.25. The summed E-state index contributed by atoms with van der Waals surface area (Å²) in [6, 6.07) is 1.38. The molecule has 0 nitrogen and oxygen atoms in total. The summed E-state index contributed by atoms with van der Waals surface area (Å²) in [6.45, 7) is 4.46. The monoisotopic (exact) mass is 162 g/mol. The molecule has 0 saturated heterocycles. The summed E-state index contributed by atoms with van der Waals surface area (Å²) >= 11 is 5.64. The summed E-state index contributed by atoms with van der Waals surface area (Å²) in [4.78, 5) is 0. The van der Waals surface area contributed by atoms with Gasteiger partial charge in [-0.25, -0.2) is 0 Å². The van der Waals surface area contributed by atoms with Crippen molar-refractivity contribution in [3.05, 3.63) is 0 Å². The van der Waals surface area contributed by atoms with Crippen LogP contribution >= 0.6 is 11.6 Å². The minimum atomic E-state index is 0.748. The van der Waals surface area contributed by atoms with E-state index in [0.717, 1.165) is 20.9 Å². The second-order valence-corrected chi connectivity index (χ2v) is 4.57. The third kappa shape index (κ3) is 6.39. The van der Waals surface area contributed by atoms with Crippen molar-refractivity contribution in [1.82, 2.24) is 0 Å². The molecule has 0 spiro atoms. The average molecular weight is 163 g/mol. The van der Waals surface area contributed by atoms with Gasteiger partial charge in [0.15, 0.2) is 0 Å². The van der Waals surface area contributed by atoms with E-state index in [1.165, 1.54) is 18.9 Å². The second-order valence-electron chi connectivity index (χ2n) is 2.36. The van der Waals surface area contributed by atoms with Crippen molar-refractivity contribution < 1.29 is 0 Å². The Kier molecular flexibility index (Phi) is 7.00. The van der Waals surface area contributed by atoms with Crippen LogP contribution in [0.2, 0.25) is 11.6 Å². The van der Waals surface area contributed by atoms with Crippen LogP contribution in [0.1, 0.15) is 26.7 Å². The zero-order valence-electron chi connectivity index (χ0n) is 6.28. The lowest BCUT2D eigenvalue weighted by Gasteiger charge is -2.02. The summed E-state index contributed by atoms with van der Waals surface area (Å²) in [5.74, 6) is 0.835. The lowest BCUT2D eigenvalue weighted by molar-refractivity contribution is 0.869. The average Bonchev–Trinajstić information content (AvgIpc) is 1.89. The first-order valence-corrected chi connectivity index (χ1v) is 5.42. The van der Waals surface area contributed by atoms with Crippen LogP contribution in [0.3, 0.4) is 0 Å². The second kappa shape index (κ2) is 6.62. The van der Waals surface area contributed by atoms with Gasteiger partial charge in [0.2, 0.25) is 0 Å². The molecule has 0 bridgehead atoms. The summed E-state index contributed by atoms with van der Waals surface area (Å²) in [5.41, 5.74) is 0.748. The smallest absolute Gasteiger partial charge is 0.0424 e. The maximum Gasteiger partial charge on any atom is 0.0424 e. The highest BCUT2D eigenvalue weighted by atomic mass is 35.5. The van der Waals surface area contributed by atoms with Crippen LogP contribution in [0, 0.1) is 0 Å². The van der Waals surface area contributed by atoms with Gasteiger partial charge >= 0.3 is 0 Å². The number of halogens is 1. The predicted octanol–water partition coefficient (Wildman–Crippen LogP) is 2.96. The molecule has 0 aromatic carbocycles. The first kappa shape index (κ1) is 9.51. The Bertz CT molecular complexity index is 56.9. The largest absolute Gasteiger partial charge is 0.127 e. The number of rotatable bonds is 5. The van der Waals surface area contributed by atoms with Crippen LogP contribution in [0.15, 0.2) is 0 Å². The van der Waals surface area contributed by atoms with Gasteiger partial charge in [-0.05, 0) is 5.54 Å². The Labute approximate surface area is 65.8 Å². The Morgan fingerprint density at radius 2 is 2.22 bits per heavy atom. The van der Waals surface area contributed by atoms with Gasteiger partial charge in [-0.15, -0.1) is 11.6 Å². The molecule has 2 heteroatoms. The molecule has 0 aliphatic rings. The van der Waals surface area contributed by atoms with Crippen LogP contribution in [0.5, 0.6) is 0 Å². The molecule has 54 valence electrons. The fourth-order valence-electron chi connectivity index (χ4n) is 0.580. The van der Waals surface area contributed by atoms with Crippen molar-refractivity contribution in [3.8, 4) is 0 Å². The molecule has 1 unspecified atom stereocenters. The summed E-state index contributed by atoms with van der Waals surface area (Å²) < 4.78 is 0. The van der Waals surface area contributed by atoms with Crippen molar-refractivity contribution in [2.45, 2.75) is 38.3 Å². The molecule has 9 heavy (non-hydrogen) atoms. The van der Waals surface area contributed by atoms with Crippen molar-refractivity contribution in [3.63, 3.8) is 0 Å². The number of hydrogen-bond donors (Lipinski definition) is 0. The summed E-state index contributed by atoms with van der Waals surface area (Å²) in [5, 5.41) is 0. The van der Waals surface area contributed by atoms with Gasteiger partial charge in [0.05, 0.1) is 0 Å². The molecule has 1 atom stereocenters. The van der Waals surface area contributed by atoms with Gasteiger partial charge in [0.25, 0.3) is 0 Å². The quantitative estimate of drug-likeness (QED) is 0.331. The van der Waals surface area contributed by atoms with Crippen LogP contribution in [0.4, 0.5) is 0 Å². The van der Waals surface area contributed by atoms with Crippen LogP contribution < -0.4 is 0 Å².